The fraction of sp³-hybridized carbons (Fsp3) is 0.111. The van der Waals surface area contributed by atoms with Crippen molar-refractivity contribution < 1.29 is 14.5 Å². The van der Waals surface area contributed by atoms with E-state index >= 15 is 0 Å². The summed E-state index contributed by atoms with van der Waals surface area (Å²) < 4.78 is 7.10. The van der Waals surface area contributed by atoms with Gasteiger partial charge in [-0.3, -0.25) is 19.6 Å². The summed E-state index contributed by atoms with van der Waals surface area (Å²) in [5.74, 6) is 0.0265. The number of hydrogen-bond acceptors (Lipinski definition) is 5. The maximum absolute atomic E-state index is 12.2. The monoisotopic (exact) mass is 420 g/mol. The second kappa shape index (κ2) is 8.28. The van der Waals surface area contributed by atoms with E-state index in [0.717, 1.165) is 5.56 Å². The van der Waals surface area contributed by atoms with Crippen molar-refractivity contribution in [1.82, 2.24) is 9.78 Å². The van der Waals surface area contributed by atoms with E-state index < -0.39 is 4.92 Å². The third-order valence-corrected chi connectivity index (χ3v) is 4.11. The van der Waals surface area contributed by atoms with Crippen LogP contribution in [0, 0.1) is 17.0 Å². The third kappa shape index (κ3) is 4.99. The Hall–Kier alpha value is -3.10. The Labute approximate surface area is 169 Å². The zero-order chi connectivity index (χ0) is 20.3. The van der Waals surface area contributed by atoms with Crippen LogP contribution < -0.4 is 10.1 Å². The Kier molecular flexibility index (Phi) is 5.81. The number of nitrogens with zero attached hydrogens (tertiary/aromatic N) is 3. The number of hydrogen-bond donors (Lipinski definition) is 1. The molecule has 0 spiro atoms. The van der Waals surface area contributed by atoms with Gasteiger partial charge in [-0.05, 0) is 30.7 Å². The normalized spacial score (nSPS) is 10.5. The number of nitro groups is 1. The Morgan fingerprint density at radius 1 is 1.29 bits per heavy atom. The van der Waals surface area contributed by atoms with Gasteiger partial charge >= 0.3 is 0 Å². The number of aryl methyl sites for hydroxylation is 1. The molecule has 3 aromatic rings. The maximum atomic E-state index is 12.2. The van der Waals surface area contributed by atoms with Crippen LogP contribution in [0.4, 0.5) is 11.4 Å². The summed E-state index contributed by atoms with van der Waals surface area (Å²) >= 11 is 11.9. The molecule has 1 heterocycles. The topological polar surface area (TPSA) is 99.3 Å². The number of aromatic nitrogens is 2. The molecule has 1 aromatic heterocycles. The summed E-state index contributed by atoms with van der Waals surface area (Å²) in [6.45, 7) is 1.82. The minimum Gasteiger partial charge on any atom is -0.455 e. The molecule has 10 heteroatoms. The number of nitro benzene ring substituents is 1. The van der Waals surface area contributed by atoms with Gasteiger partial charge in [0.2, 0.25) is 5.91 Å². The minimum atomic E-state index is -0.581. The molecule has 0 aliphatic rings. The quantitative estimate of drug-likeness (QED) is 0.454. The summed E-state index contributed by atoms with van der Waals surface area (Å²) in [4.78, 5) is 22.9. The average molecular weight is 421 g/mol. The van der Waals surface area contributed by atoms with Crippen LogP contribution in [-0.4, -0.2) is 20.6 Å². The van der Waals surface area contributed by atoms with Crippen LogP contribution in [0.2, 0.25) is 10.0 Å². The van der Waals surface area contributed by atoms with Crippen LogP contribution in [0.25, 0.3) is 0 Å². The van der Waals surface area contributed by atoms with Gasteiger partial charge in [0.1, 0.15) is 18.0 Å². The molecular formula is C18H14Cl2N4O4. The second-order valence-corrected chi connectivity index (χ2v) is 6.76. The lowest BCUT2D eigenvalue weighted by molar-refractivity contribution is -0.384. The molecule has 0 aliphatic carbocycles. The number of non-ortho nitro benzene ring substituents is 1. The summed E-state index contributed by atoms with van der Waals surface area (Å²) in [6, 6.07) is 8.55. The number of benzene rings is 2. The zero-order valence-electron chi connectivity index (χ0n) is 14.6. The highest BCUT2D eigenvalue weighted by Crippen LogP contribution is 2.34. The zero-order valence-corrected chi connectivity index (χ0v) is 16.1. The summed E-state index contributed by atoms with van der Waals surface area (Å²) in [6.07, 6.45) is 3.34. The summed E-state index contributed by atoms with van der Waals surface area (Å²) in [5, 5.41) is 18.5. The first-order chi connectivity index (χ1) is 13.3. The lowest BCUT2D eigenvalue weighted by Gasteiger charge is -2.11. The van der Waals surface area contributed by atoms with Gasteiger partial charge in [-0.15, -0.1) is 0 Å². The van der Waals surface area contributed by atoms with E-state index in [0.29, 0.717) is 5.02 Å². The number of anilines is 1. The largest absolute Gasteiger partial charge is 0.455 e. The van der Waals surface area contributed by atoms with E-state index in [1.165, 1.54) is 28.9 Å². The Morgan fingerprint density at radius 2 is 2.07 bits per heavy atom. The molecule has 0 bridgehead atoms. The van der Waals surface area contributed by atoms with Crippen LogP contribution >= 0.6 is 23.2 Å². The maximum Gasteiger partial charge on any atom is 0.275 e. The molecule has 144 valence electrons. The van der Waals surface area contributed by atoms with Gasteiger partial charge in [0, 0.05) is 23.4 Å². The van der Waals surface area contributed by atoms with Crippen LogP contribution in [0.5, 0.6) is 11.5 Å². The molecule has 0 saturated heterocycles. The Morgan fingerprint density at radius 3 is 2.71 bits per heavy atom. The van der Waals surface area contributed by atoms with Crippen molar-refractivity contribution in [2.45, 2.75) is 13.5 Å². The fourth-order valence-corrected chi connectivity index (χ4v) is 2.85. The van der Waals surface area contributed by atoms with E-state index in [2.05, 4.69) is 10.4 Å². The highest BCUT2D eigenvalue weighted by molar-refractivity contribution is 6.35. The number of amides is 1. The molecule has 0 saturated carbocycles. The van der Waals surface area contributed by atoms with Gasteiger partial charge < -0.3 is 10.1 Å². The molecule has 0 fully saturated rings. The minimum absolute atomic E-state index is 0.0320. The van der Waals surface area contributed by atoms with Gasteiger partial charge in [-0.25, -0.2) is 0 Å². The van der Waals surface area contributed by atoms with Crippen molar-refractivity contribution in [2.75, 3.05) is 5.32 Å². The fourth-order valence-electron chi connectivity index (χ4n) is 2.41. The third-order valence-electron chi connectivity index (χ3n) is 3.58. The molecule has 2 aromatic carbocycles. The van der Waals surface area contributed by atoms with Crippen molar-refractivity contribution in [2.24, 2.45) is 0 Å². The number of carbonyl (C=O) groups excluding carboxylic acids is 1. The van der Waals surface area contributed by atoms with Crippen molar-refractivity contribution in [3.63, 3.8) is 0 Å². The molecule has 1 N–H and O–H groups in total. The average Bonchev–Trinajstić information content (AvgIpc) is 3.01. The molecule has 0 radical (unpaired) electrons. The first kappa shape index (κ1) is 19.7. The Balaban J connectivity index is 1.82. The van der Waals surface area contributed by atoms with Crippen LogP contribution in [0.15, 0.2) is 48.8 Å². The van der Waals surface area contributed by atoms with Crippen molar-refractivity contribution >= 4 is 40.5 Å². The van der Waals surface area contributed by atoms with E-state index in [1.54, 1.807) is 24.5 Å². The lowest BCUT2D eigenvalue weighted by Crippen LogP contribution is -2.19. The van der Waals surface area contributed by atoms with E-state index in [1.807, 2.05) is 6.92 Å². The molecule has 1 amide bonds. The van der Waals surface area contributed by atoms with Gasteiger partial charge in [0.15, 0.2) is 0 Å². The van der Waals surface area contributed by atoms with E-state index in [4.69, 9.17) is 27.9 Å². The standard InChI is InChI=1S/C18H14Cl2N4O4/c1-11-8-21-23(9-11)10-18(25)22-13-5-14(24(26)27)7-15(6-13)28-17-3-2-12(19)4-16(17)20/h2-9H,10H2,1H3,(H,22,25). The Bertz CT molecular complexity index is 1050. The number of carbonyl (C=O) groups is 1. The molecule has 3 rings (SSSR count). The van der Waals surface area contributed by atoms with Crippen molar-refractivity contribution in [1.29, 1.82) is 0 Å². The first-order valence-electron chi connectivity index (χ1n) is 8.01. The van der Waals surface area contributed by atoms with Crippen LogP contribution in [0.3, 0.4) is 0 Å². The van der Waals surface area contributed by atoms with Gasteiger partial charge in [0.05, 0.1) is 27.9 Å². The predicted octanol–water partition coefficient (Wildman–Crippen LogP) is 4.84. The molecule has 0 unspecified atom stereocenters. The lowest BCUT2D eigenvalue weighted by atomic mass is 10.2. The molecular weight excluding hydrogens is 407 g/mol. The number of nitrogens with one attached hydrogen (secondary N) is 1. The number of rotatable bonds is 6. The molecule has 8 nitrogen and oxygen atoms in total. The van der Waals surface area contributed by atoms with Crippen molar-refractivity contribution in [3.05, 3.63) is 74.5 Å². The highest BCUT2D eigenvalue weighted by Gasteiger charge is 2.14. The van der Waals surface area contributed by atoms with Crippen LogP contribution in [-0.2, 0) is 11.3 Å². The van der Waals surface area contributed by atoms with Crippen molar-refractivity contribution in [3.8, 4) is 11.5 Å². The van der Waals surface area contributed by atoms with Gasteiger partial charge in [-0.1, -0.05) is 23.2 Å². The van der Waals surface area contributed by atoms with Crippen LogP contribution in [0.1, 0.15) is 5.56 Å². The first-order valence-corrected chi connectivity index (χ1v) is 8.77. The number of ether oxygens (including phenoxy) is 1. The van der Waals surface area contributed by atoms with Gasteiger partial charge in [-0.2, -0.15) is 5.10 Å². The molecule has 0 aliphatic heterocycles. The smallest absolute Gasteiger partial charge is 0.275 e. The van der Waals surface area contributed by atoms with E-state index in [-0.39, 0.29) is 40.3 Å². The van der Waals surface area contributed by atoms with Gasteiger partial charge in [0.25, 0.3) is 5.69 Å². The SMILES string of the molecule is Cc1cnn(CC(=O)Nc2cc(Oc3ccc(Cl)cc3Cl)cc([N+](=O)[O-])c2)c1. The molecule has 28 heavy (non-hydrogen) atoms. The number of halogens is 2. The molecule has 0 atom stereocenters. The van der Waals surface area contributed by atoms with E-state index in [9.17, 15) is 14.9 Å². The highest BCUT2D eigenvalue weighted by atomic mass is 35.5. The predicted molar refractivity (Wildman–Crippen MR) is 105 cm³/mol. The summed E-state index contributed by atoms with van der Waals surface area (Å²) in [7, 11) is 0. The summed E-state index contributed by atoms with van der Waals surface area (Å²) in [5.41, 5.74) is 0.884. The second-order valence-electron chi connectivity index (χ2n) is 5.91.